The van der Waals surface area contributed by atoms with Crippen LogP contribution in [-0.2, 0) is 0 Å². The van der Waals surface area contributed by atoms with Gasteiger partial charge in [-0.25, -0.2) is 16.8 Å². The first kappa shape index (κ1) is 8.16. The van der Waals surface area contributed by atoms with Crippen LogP contribution < -0.4 is 11.7 Å². The highest BCUT2D eigenvalue weighted by atomic mass is 32.2. The Balaban J connectivity index is 3.33. The van der Waals surface area contributed by atoms with E-state index in [0.29, 0.717) is 10.1 Å². The van der Waals surface area contributed by atoms with Gasteiger partial charge in [-0.3, -0.25) is 0 Å². The van der Waals surface area contributed by atoms with Crippen LogP contribution in [0, 0.1) is 6.92 Å². The van der Waals surface area contributed by atoms with E-state index in [9.17, 15) is 0 Å². The van der Waals surface area contributed by atoms with Gasteiger partial charge in [0.2, 0.25) is 0 Å². The quantitative estimate of drug-likeness (QED) is 0.310. The Hall–Kier alpha value is 0.160. The first-order valence-corrected chi connectivity index (χ1v) is 3.33. The SMILES string of the molecule is [CH2]CSC(=S)N(N)N. The number of nitrogens with zero attached hydrogens (tertiary/aromatic N) is 1. The number of hydrogen-bond donors (Lipinski definition) is 2. The Labute approximate surface area is 58.3 Å². The maximum absolute atomic E-state index is 5.04. The number of rotatable bonds is 1. The fraction of sp³-hybridized carbons (Fsp3) is 0.333. The molecule has 0 saturated carbocycles. The highest BCUT2D eigenvalue weighted by Crippen LogP contribution is 2.01. The second-order valence-electron chi connectivity index (χ2n) is 1.02. The van der Waals surface area contributed by atoms with Gasteiger partial charge in [-0.2, -0.15) is 0 Å². The lowest BCUT2D eigenvalue weighted by Crippen LogP contribution is -2.40. The molecule has 4 N–H and O–H groups in total. The molecule has 0 aromatic rings. The van der Waals surface area contributed by atoms with E-state index in [-0.39, 0.29) is 0 Å². The van der Waals surface area contributed by atoms with Crippen LogP contribution in [-0.4, -0.2) is 15.2 Å². The van der Waals surface area contributed by atoms with E-state index in [1.54, 1.807) is 0 Å². The number of thiocarbonyl (C=S) groups is 1. The first-order chi connectivity index (χ1) is 3.68. The molecule has 0 heterocycles. The van der Waals surface area contributed by atoms with Crippen LogP contribution in [0.4, 0.5) is 0 Å². The maximum atomic E-state index is 5.04. The molecule has 3 nitrogen and oxygen atoms in total. The molecular formula is C3H8N3S2. The molecule has 8 heavy (non-hydrogen) atoms. The summed E-state index contributed by atoms with van der Waals surface area (Å²) in [7, 11) is 0. The number of hydrogen-bond acceptors (Lipinski definition) is 4. The predicted molar refractivity (Wildman–Crippen MR) is 40.6 cm³/mol. The zero-order valence-corrected chi connectivity index (χ0v) is 5.97. The van der Waals surface area contributed by atoms with Crippen molar-refractivity contribution in [2.75, 3.05) is 5.75 Å². The van der Waals surface area contributed by atoms with Crippen molar-refractivity contribution in [1.82, 2.24) is 5.12 Å². The Bertz CT molecular complexity index is 82.6. The minimum atomic E-state index is 0.458. The van der Waals surface area contributed by atoms with E-state index >= 15 is 0 Å². The van der Waals surface area contributed by atoms with Crippen LogP contribution >= 0.6 is 24.0 Å². The topological polar surface area (TPSA) is 55.3 Å². The standard InChI is InChI=1S/C3H8N3S2/c1-2-8-3(7)6(4)5/h1-2,4-5H2. The summed E-state index contributed by atoms with van der Waals surface area (Å²) in [5, 5.41) is 0.908. The summed E-state index contributed by atoms with van der Waals surface area (Å²) >= 11 is 6.01. The Morgan fingerprint density at radius 3 is 2.38 bits per heavy atom. The van der Waals surface area contributed by atoms with Crippen LogP contribution in [0.1, 0.15) is 0 Å². The van der Waals surface area contributed by atoms with E-state index in [0.717, 1.165) is 5.12 Å². The van der Waals surface area contributed by atoms with Crippen molar-refractivity contribution < 1.29 is 0 Å². The molecule has 0 aromatic heterocycles. The third kappa shape index (κ3) is 3.20. The zero-order chi connectivity index (χ0) is 6.57. The van der Waals surface area contributed by atoms with E-state index in [4.69, 9.17) is 11.7 Å². The highest BCUT2D eigenvalue weighted by molar-refractivity contribution is 8.22. The molecule has 0 amide bonds. The van der Waals surface area contributed by atoms with Crippen LogP contribution in [0.25, 0.3) is 0 Å². The molecule has 0 aliphatic heterocycles. The predicted octanol–water partition coefficient (Wildman–Crippen LogP) is -0.112. The zero-order valence-electron chi connectivity index (χ0n) is 4.33. The molecule has 1 radical (unpaired) electrons. The summed E-state index contributed by atoms with van der Waals surface area (Å²) in [4.78, 5) is 0. The summed E-state index contributed by atoms with van der Waals surface area (Å²) in [6.45, 7) is 3.55. The van der Waals surface area contributed by atoms with Crippen molar-refractivity contribution in [3.8, 4) is 0 Å². The molecule has 0 aliphatic rings. The van der Waals surface area contributed by atoms with E-state index in [2.05, 4.69) is 19.1 Å². The monoisotopic (exact) mass is 150 g/mol. The van der Waals surface area contributed by atoms with Crippen LogP contribution in [0.15, 0.2) is 0 Å². The Morgan fingerprint density at radius 2 is 2.25 bits per heavy atom. The van der Waals surface area contributed by atoms with Gasteiger partial charge in [0.25, 0.3) is 0 Å². The summed E-state index contributed by atoms with van der Waals surface area (Å²) in [6.07, 6.45) is 0. The van der Waals surface area contributed by atoms with E-state index in [1.165, 1.54) is 11.8 Å². The molecule has 0 aliphatic carbocycles. The van der Waals surface area contributed by atoms with Crippen molar-refractivity contribution in [2.24, 2.45) is 11.7 Å². The minimum Gasteiger partial charge on any atom is -0.232 e. The first-order valence-electron chi connectivity index (χ1n) is 1.94. The van der Waals surface area contributed by atoms with Crippen LogP contribution in [0.2, 0.25) is 0 Å². The van der Waals surface area contributed by atoms with Gasteiger partial charge in [0.15, 0.2) is 4.32 Å². The summed E-state index contributed by atoms with van der Waals surface area (Å²) in [5.74, 6) is 10.7. The van der Waals surface area contributed by atoms with Crippen molar-refractivity contribution in [3.63, 3.8) is 0 Å². The lowest BCUT2D eigenvalue weighted by molar-refractivity contribution is 0.483. The van der Waals surface area contributed by atoms with Crippen molar-refractivity contribution >= 4 is 28.3 Å². The largest absolute Gasteiger partial charge is 0.232 e. The third-order valence-corrected chi connectivity index (χ3v) is 1.66. The molecule has 0 aromatic carbocycles. The fourth-order valence-electron chi connectivity index (χ4n) is 0.162. The lowest BCUT2D eigenvalue weighted by Gasteiger charge is -2.09. The average molecular weight is 150 g/mol. The lowest BCUT2D eigenvalue weighted by atomic mass is 11.0. The summed E-state index contributed by atoms with van der Waals surface area (Å²) < 4.78 is 0.458. The second-order valence-corrected chi connectivity index (χ2v) is 2.75. The van der Waals surface area contributed by atoms with Crippen molar-refractivity contribution in [2.45, 2.75) is 0 Å². The van der Waals surface area contributed by atoms with Crippen LogP contribution in [0.3, 0.4) is 0 Å². The van der Waals surface area contributed by atoms with Crippen molar-refractivity contribution in [3.05, 3.63) is 6.92 Å². The van der Waals surface area contributed by atoms with Crippen LogP contribution in [0.5, 0.6) is 0 Å². The van der Waals surface area contributed by atoms with Gasteiger partial charge in [0.1, 0.15) is 0 Å². The molecule has 47 valence electrons. The molecule has 0 spiro atoms. The number of thioether (sulfide) groups is 1. The van der Waals surface area contributed by atoms with E-state index < -0.39 is 0 Å². The average Bonchev–Trinajstić information content (AvgIpc) is 1.67. The fourth-order valence-corrected chi connectivity index (χ4v) is 0.736. The molecule has 0 rings (SSSR count). The number of nitrogens with two attached hydrogens (primary N) is 2. The van der Waals surface area contributed by atoms with E-state index in [1.807, 2.05) is 0 Å². The summed E-state index contributed by atoms with van der Waals surface area (Å²) in [6, 6.07) is 0. The molecule has 0 fully saturated rings. The summed E-state index contributed by atoms with van der Waals surface area (Å²) in [5.41, 5.74) is 0. The van der Waals surface area contributed by atoms with Gasteiger partial charge in [0.05, 0.1) is 0 Å². The Kier molecular flexibility index (Phi) is 4.16. The second kappa shape index (κ2) is 4.08. The molecule has 5 heteroatoms. The molecular weight excluding hydrogens is 142 g/mol. The minimum absolute atomic E-state index is 0.458. The van der Waals surface area contributed by atoms with Gasteiger partial charge in [-0.05, 0) is 19.1 Å². The third-order valence-electron chi connectivity index (χ3n) is 0.436. The Morgan fingerprint density at radius 1 is 1.75 bits per heavy atom. The van der Waals surface area contributed by atoms with Gasteiger partial charge < -0.3 is 0 Å². The van der Waals surface area contributed by atoms with Crippen molar-refractivity contribution in [1.29, 1.82) is 0 Å². The molecule has 0 atom stereocenters. The van der Waals surface area contributed by atoms with Gasteiger partial charge in [-0.15, -0.1) is 0 Å². The van der Waals surface area contributed by atoms with Gasteiger partial charge in [-0.1, -0.05) is 11.8 Å². The van der Waals surface area contributed by atoms with Gasteiger partial charge in [0, 0.05) is 5.75 Å². The normalized spacial score (nSPS) is 8.88. The van der Waals surface area contributed by atoms with Gasteiger partial charge >= 0.3 is 0 Å². The number of hydrazine groups is 2. The smallest absolute Gasteiger partial charge is 0.166 e. The molecule has 0 saturated heterocycles. The molecule has 0 bridgehead atoms. The maximum Gasteiger partial charge on any atom is 0.166 e. The molecule has 0 unspecified atom stereocenters. The highest BCUT2D eigenvalue weighted by Gasteiger charge is 1.95.